The quantitative estimate of drug-likeness (QED) is 0.899. The first-order valence-electron chi connectivity index (χ1n) is 7.75. The maximum Gasteiger partial charge on any atom is 0.122 e. The van der Waals surface area contributed by atoms with Gasteiger partial charge in [-0.2, -0.15) is 0 Å². The van der Waals surface area contributed by atoms with Crippen LogP contribution in [-0.4, -0.2) is 37.2 Å². The normalized spacial score (nSPS) is 34.6. The molecular formula is C16H26N2O2. The topological polar surface area (TPSA) is 51.6 Å². The average Bonchev–Trinajstić information content (AvgIpc) is 2.83. The third kappa shape index (κ3) is 2.52. The van der Waals surface area contributed by atoms with Crippen LogP contribution in [0.25, 0.3) is 0 Å². The summed E-state index contributed by atoms with van der Waals surface area (Å²) in [5.74, 6) is 3.53. The summed E-state index contributed by atoms with van der Waals surface area (Å²) >= 11 is 0. The number of nitrogens with zero attached hydrogens (tertiary/aromatic N) is 1. The zero-order valence-corrected chi connectivity index (χ0v) is 12.7. The lowest BCUT2D eigenvalue weighted by atomic mass is 10.1. The van der Waals surface area contributed by atoms with Gasteiger partial charge in [0.25, 0.3) is 0 Å². The van der Waals surface area contributed by atoms with Gasteiger partial charge in [0.2, 0.25) is 0 Å². The zero-order chi connectivity index (χ0) is 14.3. The first-order valence-corrected chi connectivity index (χ1v) is 7.75. The Morgan fingerprint density at radius 2 is 2.15 bits per heavy atom. The highest BCUT2D eigenvalue weighted by Gasteiger charge is 2.38. The molecule has 0 spiro atoms. The largest absolute Gasteiger partial charge is 0.464 e. The first kappa shape index (κ1) is 14.1. The Morgan fingerprint density at radius 3 is 2.70 bits per heavy atom. The summed E-state index contributed by atoms with van der Waals surface area (Å²) in [6.45, 7) is 5.83. The molecule has 0 radical (unpaired) electrons. The molecule has 4 nitrogen and oxygen atoms in total. The molecule has 5 atom stereocenters. The summed E-state index contributed by atoms with van der Waals surface area (Å²) < 4.78 is 11.8. The minimum absolute atomic E-state index is 0.145. The predicted octanol–water partition coefficient (Wildman–Crippen LogP) is 2.51. The molecule has 4 heteroatoms. The molecule has 0 amide bonds. The molecule has 0 bridgehead atoms. The van der Waals surface area contributed by atoms with Gasteiger partial charge in [-0.3, -0.25) is 4.90 Å². The Hall–Kier alpha value is -0.840. The van der Waals surface area contributed by atoms with Crippen LogP contribution >= 0.6 is 0 Å². The fraction of sp³-hybridized carbons (Fsp3) is 0.750. The summed E-state index contributed by atoms with van der Waals surface area (Å²) in [7, 11) is 2.13. The summed E-state index contributed by atoms with van der Waals surface area (Å²) in [6.07, 6.45) is 2.59. The molecule has 1 aliphatic carbocycles. The molecule has 3 rings (SSSR count). The summed E-state index contributed by atoms with van der Waals surface area (Å²) in [5.41, 5.74) is 6.00. The van der Waals surface area contributed by atoms with Gasteiger partial charge in [-0.25, -0.2) is 0 Å². The van der Waals surface area contributed by atoms with E-state index in [9.17, 15) is 0 Å². The lowest BCUT2D eigenvalue weighted by Gasteiger charge is -2.32. The van der Waals surface area contributed by atoms with Gasteiger partial charge in [-0.15, -0.1) is 0 Å². The molecule has 20 heavy (non-hydrogen) atoms. The summed E-state index contributed by atoms with van der Waals surface area (Å²) in [5, 5.41) is 0. The average molecular weight is 278 g/mol. The summed E-state index contributed by atoms with van der Waals surface area (Å²) in [4.78, 5) is 2.33. The van der Waals surface area contributed by atoms with Crippen LogP contribution in [0.1, 0.15) is 50.2 Å². The van der Waals surface area contributed by atoms with E-state index in [1.807, 2.05) is 0 Å². The van der Waals surface area contributed by atoms with Crippen LogP contribution < -0.4 is 5.73 Å². The molecule has 2 heterocycles. The van der Waals surface area contributed by atoms with E-state index in [4.69, 9.17) is 14.9 Å². The number of likely N-dealkylation sites (N-methyl/N-ethyl adjacent to an activating group) is 1. The van der Waals surface area contributed by atoms with Crippen LogP contribution in [0.3, 0.4) is 0 Å². The van der Waals surface area contributed by atoms with Crippen LogP contribution in [0.4, 0.5) is 0 Å². The molecule has 0 aromatic carbocycles. The van der Waals surface area contributed by atoms with E-state index in [-0.39, 0.29) is 12.1 Å². The Balaban J connectivity index is 1.73. The van der Waals surface area contributed by atoms with Crippen molar-refractivity contribution in [3.8, 4) is 0 Å². The SMILES string of the molecule is CC1CC1c1ccc(C(CN)N(C)C2CCOC2C)o1. The number of hydrogen-bond donors (Lipinski definition) is 1. The van der Waals surface area contributed by atoms with Gasteiger partial charge in [0, 0.05) is 25.1 Å². The van der Waals surface area contributed by atoms with Crippen molar-refractivity contribution in [1.29, 1.82) is 0 Å². The second kappa shape index (κ2) is 5.51. The lowest BCUT2D eigenvalue weighted by molar-refractivity contribution is 0.0639. The second-order valence-electron chi connectivity index (χ2n) is 6.41. The van der Waals surface area contributed by atoms with Gasteiger partial charge in [0.05, 0.1) is 12.1 Å². The van der Waals surface area contributed by atoms with Gasteiger partial charge in [0.15, 0.2) is 0 Å². The number of rotatable bonds is 5. The van der Waals surface area contributed by atoms with E-state index in [1.165, 1.54) is 6.42 Å². The van der Waals surface area contributed by atoms with Gasteiger partial charge in [0.1, 0.15) is 11.5 Å². The van der Waals surface area contributed by atoms with Crippen molar-refractivity contribution in [2.24, 2.45) is 11.7 Å². The van der Waals surface area contributed by atoms with E-state index in [0.29, 0.717) is 18.5 Å². The second-order valence-corrected chi connectivity index (χ2v) is 6.41. The Labute approximate surface area is 121 Å². The van der Waals surface area contributed by atoms with E-state index in [0.717, 1.165) is 30.5 Å². The van der Waals surface area contributed by atoms with Gasteiger partial charge in [-0.1, -0.05) is 6.92 Å². The fourth-order valence-corrected chi connectivity index (χ4v) is 3.43. The maximum absolute atomic E-state index is 6.08. The van der Waals surface area contributed by atoms with Crippen molar-refractivity contribution in [2.45, 2.75) is 50.8 Å². The zero-order valence-electron chi connectivity index (χ0n) is 12.7. The molecular weight excluding hydrogens is 252 g/mol. The van der Waals surface area contributed by atoms with Gasteiger partial charge in [-0.05, 0) is 44.9 Å². The van der Waals surface area contributed by atoms with Crippen molar-refractivity contribution in [3.63, 3.8) is 0 Å². The van der Waals surface area contributed by atoms with E-state index in [2.05, 4.69) is 37.9 Å². The molecule has 1 aromatic rings. The van der Waals surface area contributed by atoms with Crippen molar-refractivity contribution < 1.29 is 9.15 Å². The highest BCUT2D eigenvalue weighted by atomic mass is 16.5. The standard InChI is InChI=1S/C16H26N2O2/c1-10-8-12(10)15-4-5-16(20-15)14(9-17)18(3)13-6-7-19-11(13)2/h4-5,10-14H,6-9,17H2,1-3H3. The molecule has 1 saturated carbocycles. The Bertz CT molecular complexity index is 459. The van der Waals surface area contributed by atoms with Crippen LogP contribution in [0.2, 0.25) is 0 Å². The first-order chi connectivity index (χ1) is 9.61. The Morgan fingerprint density at radius 1 is 1.40 bits per heavy atom. The van der Waals surface area contributed by atoms with Crippen molar-refractivity contribution >= 4 is 0 Å². The predicted molar refractivity (Wildman–Crippen MR) is 78.6 cm³/mol. The highest BCUT2D eigenvalue weighted by Crippen LogP contribution is 2.47. The maximum atomic E-state index is 6.08. The van der Waals surface area contributed by atoms with Crippen molar-refractivity contribution in [2.75, 3.05) is 20.2 Å². The number of nitrogens with two attached hydrogens (primary N) is 1. The van der Waals surface area contributed by atoms with Crippen LogP contribution in [0.5, 0.6) is 0 Å². The minimum Gasteiger partial charge on any atom is -0.464 e. The van der Waals surface area contributed by atoms with Crippen molar-refractivity contribution in [1.82, 2.24) is 4.90 Å². The number of furan rings is 1. The minimum atomic E-state index is 0.145. The van der Waals surface area contributed by atoms with Crippen LogP contribution in [0.15, 0.2) is 16.5 Å². The molecule has 2 N–H and O–H groups in total. The molecule has 1 aliphatic heterocycles. The van der Waals surface area contributed by atoms with Crippen LogP contribution in [0, 0.1) is 5.92 Å². The summed E-state index contributed by atoms with van der Waals surface area (Å²) in [6, 6.07) is 4.81. The highest BCUT2D eigenvalue weighted by molar-refractivity contribution is 5.19. The molecule has 1 aromatic heterocycles. The Kier molecular flexibility index (Phi) is 3.89. The molecule has 2 fully saturated rings. The molecule has 5 unspecified atom stereocenters. The third-order valence-corrected chi connectivity index (χ3v) is 5.03. The van der Waals surface area contributed by atoms with E-state index < -0.39 is 0 Å². The fourth-order valence-electron chi connectivity index (χ4n) is 3.43. The van der Waals surface area contributed by atoms with E-state index in [1.54, 1.807) is 0 Å². The molecule has 112 valence electrons. The van der Waals surface area contributed by atoms with Crippen molar-refractivity contribution in [3.05, 3.63) is 23.7 Å². The number of ether oxygens (including phenoxy) is 1. The van der Waals surface area contributed by atoms with Crippen LogP contribution in [-0.2, 0) is 4.74 Å². The molecule has 2 aliphatic rings. The monoisotopic (exact) mass is 278 g/mol. The van der Waals surface area contributed by atoms with E-state index >= 15 is 0 Å². The van der Waals surface area contributed by atoms with Gasteiger partial charge < -0.3 is 14.9 Å². The third-order valence-electron chi connectivity index (χ3n) is 5.03. The number of hydrogen-bond acceptors (Lipinski definition) is 4. The van der Waals surface area contributed by atoms with Gasteiger partial charge >= 0.3 is 0 Å². The molecule has 1 saturated heterocycles. The smallest absolute Gasteiger partial charge is 0.122 e. The lowest BCUT2D eigenvalue weighted by Crippen LogP contribution is -2.41.